The average Bonchev–Trinajstić information content (AvgIpc) is 2.92. The molecule has 0 saturated heterocycles. The molecule has 25 heavy (non-hydrogen) atoms. The number of hydrogen-bond donors (Lipinski definition) is 1. The molecule has 0 radical (unpaired) electrons. The highest BCUT2D eigenvalue weighted by molar-refractivity contribution is 7.99. The van der Waals surface area contributed by atoms with Gasteiger partial charge in [0.25, 0.3) is 0 Å². The van der Waals surface area contributed by atoms with Crippen molar-refractivity contribution in [2.45, 2.75) is 51.0 Å². The third kappa shape index (κ3) is 4.10. The van der Waals surface area contributed by atoms with E-state index in [0.29, 0.717) is 6.61 Å². The van der Waals surface area contributed by atoms with Gasteiger partial charge in [-0.05, 0) is 38.8 Å². The van der Waals surface area contributed by atoms with E-state index in [0.717, 1.165) is 47.5 Å². The van der Waals surface area contributed by atoms with Crippen LogP contribution in [0.2, 0.25) is 0 Å². The van der Waals surface area contributed by atoms with Gasteiger partial charge in [0.1, 0.15) is 10.6 Å². The third-order valence-electron chi connectivity index (χ3n) is 4.69. The highest BCUT2D eigenvalue weighted by atomic mass is 32.2. The number of aromatic nitrogens is 2. The average molecular weight is 381 g/mol. The molecule has 1 atom stereocenters. The van der Waals surface area contributed by atoms with Crippen LogP contribution in [0.5, 0.6) is 0 Å². The maximum Gasteiger partial charge on any atom is 0.190 e. The molecule has 2 aromatic rings. The molecule has 0 aromatic carbocycles. The molecule has 1 N–H and O–H groups in total. The van der Waals surface area contributed by atoms with Gasteiger partial charge in [0.15, 0.2) is 5.16 Å². The monoisotopic (exact) mass is 380 g/mol. The van der Waals surface area contributed by atoms with E-state index in [9.17, 15) is 0 Å². The minimum atomic E-state index is -0.0846. The molecule has 0 fully saturated rings. The van der Waals surface area contributed by atoms with E-state index in [1.165, 1.54) is 15.8 Å². The number of nitrogens with zero attached hydrogens (tertiary/aromatic N) is 3. The fraction of sp³-hybridized carbons (Fsp3) is 0.667. The van der Waals surface area contributed by atoms with Crippen LogP contribution in [-0.4, -0.2) is 53.4 Å². The van der Waals surface area contributed by atoms with E-state index < -0.39 is 0 Å². The summed E-state index contributed by atoms with van der Waals surface area (Å²) in [5, 5.41) is 5.63. The molecule has 3 heterocycles. The Kier molecular flexibility index (Phi) is 5.88. The summed E-state index contributed by atoms with van der Waals surface area (Å²) in [5.74, 6) is 1.96. The molecule has 0 saturated carbocycles. The van der Waals surface area contributed by atoms with Crippen molar-refractivity contribution in [2.24, 2.45) is 0 Å². The lowest BCUT2D eigenvalue weighted by Gasteiger charge is -2.33. The van der Waals surface area contributed by atoms with Crippen LogP contribution in [0.15, 0.2) is 5.16 Å². The Labute approximate surface area is 158 Å². The van der Waals surface area contributed by atoms with Crippen molar-refractivity contribution < 1.29 is 4.74 Å². The number of hydrogen-bond acceptors (Lipinski definition) is 7. The summed E-state index contributed by atoms with van der Waals surface area (Å²) >= 11 is 3.46. The molecular formula is C18H28N4OS2. The Balaban J connectivity index is 2.02. The van der Waals surface area contributed by atoms with Crippen molar-refractivity contribution in [3.8, 4) is 0 Å². The van der Waals surface area contributed by atoms with Crippen LogP contribution in [0.4, 0.5) is 5.82 Å². The van der Waals surface area contributed by atoms with Gasteiger partial charge in [-0.1, -0.05) is 25.6 Å². The first-order valence-electron chi connectivity index (χ1n) is 8.93. The van der Waals surface area contributed by atoms with Crippen LogP contribution in [0.1, 0.15) is 37.6 Å². The maximum absolute atomic E-state index is 6.13. The van der Waals surface area contributed by atoms with Gasteiger partial charge in [0.05, 0.1) is 17.6 Å². The molecule has 0 unspecified atom stereocenters. The van der Waals surface area contributed by atoms with E-state index in [2.05, 4.69) is 45.1 Å². The van der Waals surface area contributed by atoms with Gasteiger partial charge in [-0.25, -0.2) is 9.97 Å². The molecule has 0 spiro atoms. The van der Waals surface area contributed by atoms with Crippen LogP contribution >= 0.6 is 23.1 Å². The highest BCUT2D eigenvalue weighted by Gasteiger charge is 2.33. The van der Waals surface area contributed by atoms with Crippen LogP contribution in [0.3, 0.4) is 0 Å². The number of ether oxygens (including phenoxy) is 1. The molecule has 2 aromatic heterocycles. The van der Waals surface area contributed by atoms with Gasteiger partial charge < -0.3 is 15.0 Å². The van der Waals surface area contributed by atoms with Crippen LogP contribution in [-0.2, 0) is 17.8 Å². The molecule has 7 heteroatoms. The first-order valence-corrected chi connectivity index (χ1v) is 10.7. The van der Waals surface area contributed by atoms with Gasteiger partial charge in [-0.15, -0.1) is 11.3 Å². The largest absolute Gasteiger partial charge is 0.369 e. The Hall–Kier alpha value is -0.890. The smallest absolute Gasteiger partial charge is 0.190 e. The van der Waals surface area contributed by atoms with Gasteiger partial charge in [-0.3, -0.25) is 0 Å². The molecular weight excluding hydrogens is 352 g/mol. The SMILES string of the molecule is CCSc1nc(NCCN(C)C)c2c3c(sc2n1)CO[C@@](C)(CC)C3. The Morgan fingerprint density at radius 3 is 2.80 bits per heavy atom. The van der Waals surface area contributed by atoms with Gasteiger partial charge in [-0.2, -0.15) is 0 Å². The van der Waals surface area contributed by atoms with Crippen LogP contribution in [0.25, 0.3) is 10.2 Å². The molecule has 3 rings (SSSR count). The fourth-order valence-electron chi connectivity index (χ4n) is 3.00. The Morgan fingerprint density at radius 2 is 2.12 bits per heavy atom. The zero-order valence-corrected chi connectivity index (χ0v) is 17.4. The fourth-order valence-corrected chi connectivity index (χ4v) is 4.73. The standard InChI is InChI=1S/C18H28N4OS2/c1-6-18(3)10-12-13(11-23-18)25-16-14(12)15(19-8-9-22(4)5)20-17(21-16)24-7-2/h6-11H2,1-5H3,(H,19,20,21)/t18-/m0/s1. The lowest BCUT2D eigenvalue weighted by molar-refractivity contribution is -0.0542. The number of nitrogens with one attached hydrogen (secondary N) is 1. The number of likely N-dealkylation sites (N-methyl/N-ethyl adjacent to an activating group) is 1. The van der Waals surface area contributed by atoms with Gasteiger partial charge >= 0.3 is 0 Å². The minimum absolute atomic E-state index is 0.0846. The number of thioether (sulfide) groups is 1. The molecule has 0 bridgehead atoms. The van der Waals surface area contributed by atoms with Crippen molar-refractivity contribution in [3.63, 3.8) is 0 Å². The van der Waals surface area contributed by atoms with Crippen molar-refractivity contribution in [1.29, 1.82) is 0 Å². The molecule has 1 aliphatic heterocycles. The van der Waals surface area contributed by atoms with Crippen LogP contribution in [0, 0.1) is 0 Å². The van der Waals surface area contributed by atoms with E-state index in [1.807, 2.05) is 0 Å². The number of rotatable bonds is 7. The van der Waals surface area contributed by atoms with Gasteiger partial charge in [0, 0.05) is 24.4 Å². The second-order valence-corrected chi connectivity index (χ2v) is 9.29. The lowest BCUT2D eigenvalue weighted by atomic mass is 9.90. The number of fused-ring (bicyclic) bond motifs is 3. The Bertz CT molecular complexity index is 746. The van der Waals surface area contributed by atoms with Gasteiger partial charge in [0.2, 0.25) is 0 Å². The number of thiophene rings is 1. The minimum Gasteiger partial charge on any atom is -0.369 e. The molecule has 0 amide bonds. The first-order chi connectivity index (χ1) is 12.0. The summed E-state index contributed by atoms with van der Waals surface area (Å²) in [4.78, 5) is 14.2. The van der Waals surface area contributed by atoms with E-state index in [1.54, 1.807) is 23.1 Å². The summed E-state index contributed by atoms with van der Waals surface area (Å²) in [6, 6.07) is 0. The topological polar surface area (TPSA) is 50.3 Å². The first kappa shape index (κ1) is 18.9. The zero-order valence-electron chi connectivity index (χ0n) is 15.8. The molecule has 1 aliphatic rings. The Morgan fingerprint density at radius 1 is 1.32 bits per heavy atom. The van der Waals surface area contributed by atoms with E-state index in [-0.39, 0.29) is 5.60 Å². The van der Waals surface area contributed by atoms with Crippen molar-refractivity contribution in [3.05, 3.63) is 10.4 Å². The zero-order chi connectivity index (χ0) is 18.0. The third-order valence-corrected chi connectivity index (χ3v) is 6.52. The lowest BCUT2D eigenvalue weighted by Crippen LogP contribution is -2.34. The molecule has 0 aliphatic carbocycles. The molecule has 5 nitrogen and oxygen atoms in total. The second kappa shape index (κ2) is 7.78. The van der Waals surface area contributed by atoms with E-state index >= 15 is 0 Å². The predicted molar refractivity (Wildman–Crippen MR) is 108 cm³/mol. The van der Waals surface area contributed by atoms with Crippen molar-refractivity contribution >= 4 is 39.1 Å². The second-order valence-electron chi connectivity index (χ2n) is 6.97. The number of anilines is 1. The summed E-state index contributed by atoms with van der Waals surface area (Å²) in [6.45, 7) is 9.08. The normalized spacial score (nSPS) is 20.2. The van der Waals surface area contributed by atoms with Crippen molar-refractivity contribution in [1.82, 2.24) is 14.9 Å². The summed E-state index contributed by atoms with van der Waals surface area (Å²) in [5.41, 5.74) is 1.30. The maximum atomic E-state index is 6.13. The van der Waals surface area contributed by atoms with E-state index in [4.69, 9.17) is 14.7 Å². The molecule has 138 valence electrons. The van der Waals surface area contributed by atoms with Crippen molar-refractivity contribution in [2.75, 3.05) is 38.3 Å². The highest BCUT2D eigenvalue weighted by Crippen LogP contribution is 2.42. The quantitative estimate of drug-likeness (QED) is 0.578. The predicted octanol–water partition coefficient (Wildman–Crippen LogP) is 4.02. The summed E-state index contributed by atoms with van der Waals surface area (Å²) in [7, 11) is 4.18. The van der Waals surface area contributed by atoms with Crippen LogP contribution < -0.4 is 5.32 Å². The summed E-state index contributed by atoms with van der Waals surface area (Å²) < 4.78 is 6.13. The summed E-state index contributed by atoms with van der Waals surface area (Å²) in [6.07, 6.45) is 1.95.